The third-order valence-electron chi connectivity index (χ3n) is 2.99. The molecule has 0 saturated heterocycles. The predicted molar refractivity (Wildman–Crippen MR) is 90.3 cm³/mol. The van der Waals surface area contributed by atoms with E-state index in [9.17, 15) is 8.42 Å². The van der Waals surface area contributed by atoms with E-state index in [2.05, 4.69) is 20.7 Å². The molecule has 0 saturated carbocycles. The van der Waals surface area contributed by atoms with Gasteiger partial charge in [-0.05, 0) is 49.2 Å². The summed E-state index contributed by atoms with van der Waals surface area (Å²) in [5.74, 6) is 0. The van der Waals surface area contributed by atoms with Crippen LogP contribution in [0.2, 0.25) is 5.02 Å². The number of anilines is 2. The lowest BCUT2D eigenvalue weighted by molar-refractivity contribution is 0.601. The molecule has 2 rings (SSSR count). The van der Waals surface area contributed by atoms with Crippen LogP contribution in [0.1, 0.15) is 11.1 Å². The van der Waals surface area contributed by atoms with Crippen molar-refractivity contribution in [2.45, 2.75) is 18.7 Å². The number of hydrogen-bond acceptors (Lipinski definition) is 3. The smallest absolute Gasteiger partial charge is 0.261 e. The van der Waals surface area contributed by atoms with Gasteiger partial charge in [0.1, 0.15) is 0 Å². The minimum Gasteiger partial charge on any atom is -0.397 e. The van der Waals surface area contributed by atoms with Crippen molar-refractivity contribution in [3.05, 3.63) is 51.0 Å². The van der Waals surface area contributed by atoms with Gasteiger partial charge in [0.25, 0.3) is 10.0 Å². The summed E-state index contributed by atoms with van der Waals surface area (Å²) < 4.78 is 28.1. The number of nitrogen functional groups attached to an aromatic ring is 1. The number of benzene rings is 2. The van der Waals surface area contributed by atoms with E-state index in [4.69, 9.17) is 17.3 Å². The molecule has 0 aliphatic rings. The molecule has 0 aliphatic carbocycles. The molecule has 0 heterocycles. The number of rotatable bonds is 3. The third-order valence-corrected chi connectivity index (χ3v) is 5.72. The zero-order valence-electron chi connectivity index (χ0n) is 11.4. The van der Waals surface area contributed by atoms with Crippen LogP contribution in [-0.2, 0) is 10.0 Å². The van der Waals surface area contributed by atoms with Gasteiger partial charge in [-0.15, -0.1) is 0 Å². The van der Waals surface area contributed by atoms with Crippen molar-refractivity contribution in [3.63, 3.8) is 0 Å². The summed E-state index contributed by atoms with van der Waals surface area (Å²) >= 11 is 9.32. The zero-order valence-corrected chi connectivity index (χ0v) is 14.6. The van der Waals surface area contributed by atoms with Crippen LogP contribution >= 0.6 is 27.5 Å². The Morgan fingerprint density at radius 2 is 1.81 bits per heavy atom. The highest BCUT2D eigenvalue weighted by Crippen LogP contribution is 2.28. The highest BCUT2D eigenvalue weighted by molar-refractivity contribution is 9.10. The largest absolute Gasteiger partial charge is 0.397 e. The first kappa shape index (κ1) is 16.1. The summed E-state index contributed by atoms with van der Waals surface area (Å²) in [5, 5.41) is 0.368. The lowest BCUT2D eigenvalue weighted by atomic mass is 10.2. The maximum absolute atomic E-state index is 12.4. The standard InChI is InChI=1S/C14H14BrClN2O2S/c1-8-3-4-10(6-12(8)15)18-21(19,20)11-5-9(2)14(16)13(17)7-11/h3-7,18H,17H2,1-2H3. The van der Waals surface area contributed by atoms with Crippen molar-refractivity contribution in [2.75, 3.05) is 10.5 Å². The molecular weight excluding hydrogens is 376 g/mol. The monoisotopic (exact) mass is 388 g/mol. The van der Waals surface area contributed by atoms with Gasteiger partial charge >= 0.3 is 0 Å². The first-order valence-electron chi connectivity index (χ1n) is 6.05. The second-order valence-electron chi connectivity index (χ2n) is 4.71. The Hall–Kier alpha value is -1.24. The highest BCUT2D eigenvalue weighted by Gasteiger charge is 2.17. The van der Waals surface area contributed by atoms with E-state index in [0.717, 1.165) is 10.0 Å². The summed E-state index contributed by atoms with van der Waals surface area (Å²) in [6, 6.07) is 8.07. The van der Waals surface area contributed by atoms with Crippen LogP contribution in [0.5, 0.6) is 0 Å². The Kier molecular flexibility index (Phi) is 4.51. The fraction of sp³-hybridized carbons (Fsp3) is 0.143. The van der Waals surface area contributed by atoms with Crippen molar-refractivity contribution in [1.82, 2.24) is 0 Å². The SMILES string of the molecule is Cc1ccc(NS(=O)(=O)c2cc(C)c(Cl)c(N)c2)cc1Br. The first-order valence-corrected chi connectivity index (χ1v) is 8.71. The molecule has 0 fully saturated rings. The average Bonchev–Trinajstić information content (AvgIpc) is 2.39. The predicted octanol–water partition coefficient (Wildman–Crippen LogP) is 4.10. The van der Waals surface area contributed by atoms with Gasteiger partial charge in [-0.2, -0.15) is 0 Å². The number of nitrogens with one attached hydrogen (secondary N) is 1. The van der Waals surface area contributed by atoms with Crippen molar-refractivity contribution >= 4 is 48.9 Å². The Morgan fingerprint density at radius 3 is 2.38 bits per heavy atom. The average molecular weight is 390 g/mol. The number of sulfonamides is 1. The van der Waals surface area contributed by atoms with Gasteiger partial charge < -0.3 is 5.73 Å². The van der Waals surface area contributed by atoms with Crippen LogP contribution < -0.4 is 10.5 Å². The molecule has 0 radical (unpaired) electrons. The fourth-order valence-electron chi connectivity index (χ4n) is 1.79. The maximum Gasteiger partial charge on any atom is 0.261 e. The third kappa shape index (κ3) is 3.51. The van der Waals surface area contributed by atoms with Gasteiger partial charge in [0, 0.05) is 10.2 Å². The second-order valence-corrected chi connectivity index (χ2v) is 7.63. The molecule has 0 amide bonds. The Labute approximate surface area is 137 Å². The molecule has 0 spiro atoms. The van der Waals surface area contributed by atoms with E-state index in [1.165, 1.54) is 12.1 Å². The molecule has 2 aromatic carbocycles. The zero-order chi connectivity index (χ0) is 15.8. The van der Waals surface area contributed by atoms with Crippen molar-refractivity contribution in [3.8, 4) is 0 Å². The number of nitrogens with two attached hydrogens (primary N) is 1. The lowest BCUT2D eigenvalue weighted by Gasteiger charge is -2.11. The molecule has 21 heavy (non-hydrogen) atoms. The van der Waals surface area contributed by atoms with Crippen LogP contribution in [0.4, 0.5) is 11.4 Å². The van der Waals surface area contributed by atoms with Crippen LogP contribution in [0.25, 0.3) is 0 Å². The van der Waals surface area contributed by atoms with Crippen molar-refractivity contribution in [2.24, 2.45) is 0 Å². The Morgan fingerprint density at radius 1 is 1.14 bits per heavy atom. The van der Waals surface area contributed by atoms with Crippen LogP contribution in [0, 0.1) is 13.8 Å². The molecule has 0 aliphatic heterocycles. The first-order chi connectivity index (χ1) is 9.70. The van der Waals surface area contributed by atoms with Crippen molar-refractivity contribution in [1.29, 1.82) is 0 Å². The minimum absolute atomic E-state index is 0.0820. The molecule has 7 heteroatoms. The van der Waals surface area contributed by atoms with Crippen molar-refractivity contribution < 1.29 is 8.42 Å². The van der Waals surface area contributed by atoms with Gasteiger partial charge in [0.2, 0.25) is 0 Å². The van der Waals surface area contributed by atoms with Crippen LogP contribution in [0.15, 0.2) is 39.7 Å². The summed E-state index contributed by atoms with van der Waals surface area (Å²) in [6.07, 6.45) is 0. The van der Waals surface area contributed by atoms with Gasteiger partial charge in [0.15, 0.2) is 0 Å². The summed E-state index contributed by atoms with van der Waals surface area (Å²) in [7, 11) is -3.71. The number of halogens is 2. The molecule has 4 nitrogen and oxygen atoms in total. The molecule has 3 N–H and O–H groups in total. The molecular formula is C14H14BrClN2O2S. The van der Waals surface area contributed by atoms with Gasteiger partial charge in [-0.1, -0.05) is 33.6 Å². The van der Waals surface area contributed by atoms with Crippen LogP contribution in [-0.4, -0.2) is 8.42 Å². The lowest BCUT2D eigenvalue weighted by Crippen LogP contribution is -2.13. The van der Waals surface area contributed by atoms with E-state index < -0.39 is 10.0 Å². The Bertz CT molecular complexity index is 784. The van der Waals surface area contributed by atoms with E-state index in [-0.39, 0.29) is 10.6 Å². The quantitative estimate of drug-likeness (QED) is 0.776. The van der Waals surface area contributed by atoms with E-state index in [1.807, 2.05) is 13.0 Å². The second kappa shape index (κ2) is 5.87. The summed E-state index contributed by atoms with van der Waals surface area (Å²) in [6.45, 7) is 3.63. The molecule has 0 unspecified atom stereocenters. The maximum atomic E-state index is 12.4. The highest BCUT2D eigenvalue weighted by atomic mass is 79.9. The normalized spacial score (nSPS) is 11.4. The van der Waals surface area contributed by atoms with E-state index >= 15 is 0 Å². The Balaban J connectivity index is 2.40. The van der Waals surface area contributed by atoms with E-state index in [1.54, 1.807) is 19.1 Å². The molecule has 112 valence electrons. The molecule has 0 atom stereocenters. The molecule has 0 aromatic heterocycles. The molecule has 0 bridgehead atoms. The van der Waals surface area contributed by atoms with Gasteiger partial charge in [-0.3, -0.25) is 4.72 Å². The summed E-state index contributed by atoms with van der Waals surface area (Å²) in [4.78, 5) is 0.0820. The number of aryl methyl sites for hydroxylation is 2. The van der Waals surface area contributed by atoms with Gasteiger partial charge in [-0.25, -0.2) is 8.42 Å². The topological polar surface area (TPSA) is 72.2 Å². The summed E-state index contributed by atoms with van der Waals surface area (Å²) in [5.41, 5.74) is 8.06. The van der Waals surface area contributed by atoms with E-state index in [0.29, 0.717) is 16.3 Å². The minimum atomic E-state index is -3.71. The number of hydrogen-bond donors (Lipinski definition) is 2. The molecule has 2 aromatic rings. The van der Waals surface area contributed by atoms with Crippen LogP contribution in [0.3, 0.4) is 0 Å². The fourth-order valence-corrected chi connectivity index (χ4v) is 3.45. The van der Waals surface area contributed by atoms with Gasteiger partial charge in [0.05, 0.1) is 15.6 Å².